The Bertz CT molecular complexity index is 329. The van der Waals surface area contributed by atoms with Gasteiger partial charge in [-0.2, -0.15) is 0 Å². The molecule has 2 aliphatic rings. The van der Waals surface area contributed by atoms with Crippen LogP contribution < -0.4 is 5.32 Å². The lowest BCUT2D eigenvalue weighted by Crippen LogP contribution is -2.42. The highest BCUT2D eigenvalue weighted by Crippen LogP contribution is 2.18. The molecular weight excluding hydrogens is 266 g/mol. The Morgan fingerprint density at radius 3 is 2.62 bits per heavy atom. The molecule has 0 aromatic rings. The lowest BCUT2D eigenvalue weighted by Gasteiger charge is -2.27. The summed E-state index contributed by atoms with van der Waals surface area (Å²) in [6, 6.07) is 0.686. The van der Waals surface area contributed by atoms with Gasteiger partial charge in [0.25, 0.3) is 0 Å². The summed E-state index contributed by atoms with van der Waals surface area (Å²) < 4.78 is 5.36. The number of hydrogen-bond donors (Lipinski definition) is 1. The lowest BCUT2D eigenvalue weighted by molar-refractivity contribution is 0.0586. The molecule has 0 aromatic heterocycles. The second-order valence-corrected chi connectivity index (χ2v) is 6.87. The van der Waals surface area contributed by atoms with Crippen LogP contribution in [0.25, 0.3) is 0 Å². The van der Waals surface area contributed by atoms with Crippen LogP contribution in [0.1, 0.15) is 33.1 Å². The third-order valence-electron chi connectivity index (χ3n) is 4.81. The summed E-state index contributed by atoms with van der Waals surface area (Å²) in [4.78, 5) is 16.5. The van der Waals surface area contributed by atoms with Crippen LogP contribution in [0.15, 0.2) is 0 Å². The largest absolute Gasteiger partial charge is 0.381 e. The molecule has 2 amide bonds. The molecule has 2 saturated heterocycles. The van der Waals surface area contributed by atoms with E-state index in [0.717, 1.165) is 52.2 Å². The minimum atomic E-state index is 0.0736. The Morgan fingerprint density at radius 2 is 2.00 bits per heavy atom. The average molecular weight is 297 g/mol. The fraction of sp³-hybridized carbons (Fsp3) is 0.938. The van der Waals surface area contributed by atoms with Crippen molar-refractivity contribution in [2.24, 2.45) is 11.8 Å². The quantitative estimate of drug-likeness (QED) is 0.841. The van der Waals surface area contributed by atoms with Gasteiger partial charge in [0, 0.05) is 45.9 Å². The predicted molar refractivity (Wildman–Crippen MR) is 84.4 cm³/mol. The summed E-state index contributed by atoms with van der Waals surface area (Å²) in [6.45, 7) is 10.1. The van der Waals surface area contributed by atoms with E-state index in [0.29, 0.717) is 17.9 Å². The number of likely N-dealkylation sites (tertiary alicyclic amines) is 1. The SMILES string of the molecule is CC(C)N1CC[C@@H](CNC(=O)N(C)CC2CCOCC2)C1. The van der Waals surface area contributed by atoms with Crippen LogP contribution in [0.4, 0.5) is 4.79 Å². The summed E-state index contributed by atoms with van der Waals surface area (Å²) in [7, 11) is 1.90. The van der Waals surface area contributed by atoms with E-state index in [1.807, 2.05) is 11.9 Å². The van der Waals surface area contributed by atoms with Crippen molar-refractivity contribution >= 4 is 6.03 Å². The zero-order valence-electron chi connectivity index (χ0n) is 13.8. The molecule has 0 bridgehead atoms. The van der Waals surface area contributed by atoms with Gasteiger partial charge in [-0.15, -0.1) is 0 Å². The van der Waals surface area contributed by atoms with Gasteiger partial charge in [-0.3, -0.25) is 0 Å². The van der Waals surface area contributed by atoms with Crippen molar-refractivity contribution in [1.29, 1.82) is 0 Å². The number of urea groups is 1. The van der Waals surface area contributed by atoms with E-state index in [4.69, 9.17) is 4.74 Å². The van der Waals surface area contributed by atoms with E-state index in [2.05, 4.69) is 24.1 Å². The lowest BCUT2D eigenvalue weighted by atomic mass is 10.00. The van der Waals surface area contributed by atoms with Gasteiger partial charge in [-0.25, -0.2) is 4.79 Å². The highest BCUT2D eigenvalue weighted by molar-refractivity contribution is 5.73. The number of ether oxygens (including phenoxy) is 1. The minimum Gasteiger partial charge on any atom is -0.381 e. The summed E-state index contributed by atoms with van der Waals surface area (Å²) in [5.41, 5.74) is 0. The minimum absolute atomic E-state index is 0.0736. The van der Waals surface area contributed by atoms with Gasteiger partial charge in [0.15, 0.2) is 0 Å². The molecule has 122 valence electrons. The molecule has 1 atom stereocenters. The summed E-state index contributed by atoms with van der Waals surface area (Å²) in [6.07, 6.45) is 3.34. The topological polar surface area (TPSA) is 44.8 Å². The van der Waals surface area contributed by atoms with E-state index >= 15 is 0 Å². The van der Waals surface area contributed by atoms with Crippen LogP contribution in [-0.4, -0.2) is 68.3 Å². The van der Waals surface area contributed by atoms with Crippen molar-refractivity contribution in [2.45, 2.75) is 39.2 Å². The molecule has 5 nitrogen and oxygen atoms in total. The molecule has 2 fully saturated rings. The first kappa shape index (κ1) is 16.6. The van der Waals surface area contributed by atoms with Crippen LogP contribution >= 0.6 is 0 Å². The number of nitrogens with zero attached hydrogens (tertiary/aromatic N) is 2. The van der Waals surface area contributed by atoms with Crippen LogP contribution in [0.2, 0.25) is 0 Å². The first-order valence-corrected chi connectivity index (χ1v) is 8.37. The summed E-state index contributed by atoms with van der Waals surface area (Å²) >= 11 is 0. The van der Waals surface area contributed by atoms with E-state index in [1.165, 1.54) is 6.42 Å². The van der Waals surface area contributed by atoms with Crippen molar-refractivity contribution < 1.29 is 9.53 Å². The fourth-order valence-electron chi connectivity index (χ4n) is 3.26. The average Bonchev–Trinajstić information content (AvgIpc) is 2.95. The van der Waals surface area contributed by atoms with Gasteiger partial charge in [0.05, 0.1) is 0 Å². The second-order valence-electron chi connectivity index (χ2n) is 6.87. The maximum atomic E-state index is 12.2. The van der Waals surface area contributed by atoms with Gasteiger partial charge in [-0.1, -0.05) is 0 Å². The number of amides is 2. The van der Waals surface area contributed by atoms with Crippen molar-refractivity contribution in [3.63, 3.8) is 0 Å². The number of carbonyl (C=O) groups is 1. The molecule has 2 rings (SSSR count). The number of nitrogens with one attached hydrogen (secondary N) is 1. The zero-order chi connectivity index (χ0) is 15.2. The number of hydrogen-bond acceptors (Lipinski definition) is 3. The molecule has 0 aromatic carbocycles. The van der Waals surface area contributed by atoms with Gasteiger partial charge in [-0.05, 0) is 51.5 Å². The summed E-state index contributed by atoms with van der Waals surface area (Å²) in [5.74, 6) is 1.20. The molecule has 0 radical (unpaired) electrons. The Labute approximate surface area is 129 Å². The molecule has 0 saturated carbocycles. The van der Waals surface area contributed by atoms with Crippen LogP contribution in [0.5, 0.6) is 0 Å². The third kappa shape index (κ3) is 5.15. The van der Waals surface area contributed by atoms with Crippen LogP contribution in [0, 0.1) is 11.8 Å². The van der Waals surface area contributed by atoms with Crippen LogP contribution in [-0.2, 0) is 4.74 Å². The molecule has 1 N–H and O–H groups in total. The van der Waals surface area contributed by atoms with Crippen LogP contribution in [0.3, 0.4) is 0 Å². The predicted octanol–water partition coefficient (Wildman–Crippen LogP) is 1.78. The summed E-state index contributed by atoms with van der Waals surface area (Å²) in [5, 5.41) is 3.10. The molecule has 0 unspecified atom stereocenters. The monoisotopic (exact) mass is 297 g/mol. The van der Waals surface area contributed by atoms with Gasteiger partial charge < -0.3 is 19.9 Å². The van der Waals surface area contributed by atoms with E-state index in [1.54, 1.807) is 0 Å². The van der Waals surface area contributed by atoms with E-state index in [-0.39, 0.29) is 6.03 Å². The normalized spacial score (nSPS) is 24.5. The molecule has 2 heterocycles. The third-order valence-corrected chi connectivity index (χ3v) is 4.81. The molecule has 0 spiro atoms. The second kappa shape index (κ2) is 7.99. The van der Waals surface area contributed by atoms with Gasteiger partial charge in [0.2, 0.25) is 0 Å². The zero-order valence-corrected chi connectivity index (χ0v) is 13.8. The fourth-order valence-corrected chi connectivity index (χ4v) is 3.26. The Morgan fingerprint density at radius 1 is 1.29 bits per heavy atom. The van der Waals surface area contributed by atoms with Crippen molar-refractivity contribution in [2.75, 3.05) is 46.4 Å². The smallest absolute Gasteiger partial charge is 0.317 e. The van der Waals surface area contributed by atoms with Crippen molar-refractivity contribution in [3.8, 4) is 0 Å². The standard InChI is InChI=1S/C16H31N3O2/c1-13(2)19-7-4-15(12-19)10-17-16(20)18(3)11-14-5-8-21-9-6-14/h13-15H,4-12H2,1-3H3,(H,17,20)/t15-/m0/s1. The van der Waals surface area contributed by atoms with Gasteiger partial charge >= 0.3 is 6.03 Å². The maximum absolute atomic E-state index is 12.2. The van der Waals surface area contributed by atoms with Gasteiger partial charge in [0.1, 0.15) is 0 Å². The molecule has 2 aliphatic heterocycles. The Kier molecular flexibility index (Phi) is 6.30. The molecular formula is C16H31N3O2. The Hall–Kier alpha value is -0.810. The molecule has 5 heteroatoms. The highest BCUT2D eigenvalue weighted by atomic mass is 16.5. The number of carbonyl (C=O) groups excluding carboxylic acids is 1. The van der Waals surface area contributed by atoms with E-state index < -0.39 is 0 Å². The molecule has 0 aliphatic carbocycles. The highest BCUT2D eigenvalue weighted by Gasteiger charge is 2.25. The van der Waals surface area contributed by atoms with Crippen molar-refractivity contribution in [3.05, 3.63) is 0 Å². The number of rotatable bonds is 5. The molecule has 21 heavy (non-hydrogen) atoms. The first-order chi connectivity index (χ1) is 10.1. The van der Waals surface area contributed by atoms with E-state index in [9.17, 15) is 4.79 Å². The van der Waals surface area contributed by atoms with Crippen molar-refractivity contribution in [1.82, 2.24) is 15.1 Å². The maximum Gasteiger partial charge on any atom is 0.317 e. The first-order valence-electron chi connectivity index (χ1n) is 8.37. The Balaban J connectivity index is 1.64.